The highest BCUT2D eigenvalue weighted by Crippen LogP contribution is 2.10. The van der Waals surface area contributed by atoms with Crippen LogP contribution in [0.15, 0.2) is 22.8 Å². The second-order valence-corrected chi connectivity index (χ2v) is 1.98. The molecule has 0 amide bonds. The van der Waals surface area contributed by atoms with Gasteiger partial charge in [0, 0.05) is 6.07 Å². The lowest BCUT2D eigenvalue weighted by Gasteiger charge is -1.95. The molecule has 0 saturated carbocycles. The van der Waals surface area contributed by atoms with Crippen LogP contribution in [-0.2, 0) is 9.59 Å². The van der Waals surface area contributed by atoms with Crippen LogP contribution in [0.2, 0.25) is 0 Å². The van der Waals surface area contributed by atoms with E-state index >= 15 is 0 Å². The van der Waals surface area contributed by atoms with E-state index in [4.69, 9.17) is 5.11 Å². The van der Waals surface area contributed by atoms with Gasteiger partial charge in [0.25, 0.3) is 5.95 Å². The Morgan fingerprint density at radius 2 is 2.33 bits per heavy atom. The summed E-state index contributed by atoms with van der Waals surface area (Å²) in [5.41, 5.74) is 0. The van der Waals surface area contributed by atoms with Gasteiger partial charge in [-0.15, -0.1) is 0 Å². The van der Waals surface area contributed by atoms with Crippen molar-refractivity contribution in [2.24, 2.45) is 0 Å². The molecule has 1 heterocycles. The standard InChI is InChI=1S/C7H6O5/c8-5(9)4-6(10)12-7-2-1-3-11-7/h1-3H,4H2,(H,8,9). The van der Waals surface area contributed by atoms with Gasteiger partial charge < -0.3 is 14.3 Å². The lowest BCUT2D eigenvalue weighted by molar-refractivity contribution is -0.146. The third-order valence-corrected chi connectivity index (χ3v) is 1.01. The average Bonchev–Trinajstić information content (AvgIpc) is 2.37. The van der Waals surface area contributed by atoms with Gasteiger partial charge in [0.05, 0.1) is 6.26 Å². The summed E-state index contributed by atoms with van der Waals surface area (Å²) in [4.78, 5) is 20.7. The lowest BCUT2D eigenvalue weighted by atomic mass is 10.4. The van der Waals surface area contributed by atoms with Gasteiger partial charge in [-0.1, -0.05) is 0 Å². The number of aliphatic carboxylic acids is 1. The number of carbonyl (C=O) groups is 2. The minimum atomic E-state index is -1.23. The first-order chi connectivity index (χ1) is 5.68. The molecule has 1 aromatic rings. The molecule has 0 unspecified atom stereocenters. The molecule has 0 fully saturated rings. The smallest absolute Gasteiger partial charge is 0.324 e. The summed E-state index contributed by atoms with van der Waals surface area (Å²) in [7, 11) is 0. The summed E-state index contributed by atoms with van der Waals surface area (Å²) in [5.74, 6) is -2.08. The van der Waals surface area contributed by atoms with Crippen molar-refractivity contribution in [1.29, 1.82) is 0 Å². The topological polar surface area (TPSA) is 76.7 Å². The van der Waals surface area contributed by atoms with Gasteiger partial charge in [-0.05, 0) is 6.07 Å². The highest BCUT2D eigenvalue weighted by atomic mass is 16.6. The summed E-state index contributed by atoms with van der Waals surface area (Å²) in [6, 6.07) is 2.95. The van der Waals surface area contributed by atoms with E-state index in [-0.39, 0.29) is 5.95 Å². The molecule has 5 heteroatoms. The van der Waals surface area contributed by atoms with Crippen LogP contribution < -0.4 is 4.74 Å². The van der Waals surface area contributed by atoms with E-state index in [1.54, 1.807) is 0 Å². The van der Waals surface area contributed by atoms with Gasteiger partial charge >= 0.3 is 11.9 Å². The molecule has 1 N–H and O–H groups in total. The Morgan fingerprint density at radius 3 is 2.83 bits per heavy atom. The number of carbonyl (C=O) groups excluding carboxylic acids is 1. The van der Waals surface area contributed by atoms with E-state index in [2.05, 4.69) is 9.15 Å². The zero-order chi connectivity index (χ0) is 8.97. The van der Waals surface area contributed by atoms with Crippen molar-refractivity contribution in [3.8, 4) is 5.95 Å². The largest absolute Gasteiger partial charge is 0.481 e. The van der Waals surface area contributed by atoms with Gasteiger partial charge in [0.1, 0.15) is 6.42 Å². The predicted octanol–water partition coefficient (Wildman–Crippen LogP) is 0.660. The first-order valence-electron chi connectivity index (χ1n) is 3.14. The fourth-order valence-electron chi connectivity index (χ4n) is 0.593. The molecule has 1 aromatic heterocycles. The fourth-order valence-corrected chi connectivity index (χ4v) is 0.593. The van der Waals surface area contributed by atoms with E-state index in [1.165, 1.54) is 18.4 Å². The number of esters is 1. The van der Waals surface area contributed by atoms with Crippen molar-refractivity contribution in [3.05, 3.63) is 18.4 Å². The SMILES string of the molecule is O=C(O)CC(=O)Oc1ccco1. The second-order valence-electron chi connectivity index (χ2n) is 1.98. The molecule has 1 rings (SSSR count). The predicted molar refractivity (Wildman–Crippen MR) is 36.6 cm³/mol. The zero-order valence-electron chi connectivity index (χ0n) is 6.02. The minimum Gasteiger partial charge on any atom is -0.481 e. The third kappa shape index (κ3) is 2.45. The van der Waals surface area contributed by atoms with Crippen molar-refractivity contribution >= 4 is 11.9 Å². The molecule has 0 radical (unpaired) electrons. The van der Waals surface area contributed by atoms with E-state index < -0.39 is 18.4 Å². The maximum Gasteiger partial charge on any atom is 0.324 e. The Hall–Kier alpha value is -1.78. The van der Waals surface area contributed by atoms with Crippen molar-refractivity contribution < 1.29 is 23.8 Å². The van der Waals surface area contributed by atoms with Crippen LogP contribution in [0.1, 0.15) is 6.42 Å². The summed E-state index contributed by atoms with van der Waals surface area (Å²) >= 11 is 0. The number of hydrogen-bond donors (Lipinski definition) is 1. The Bertz CT molecular complexity index is 274. The van der Waals surface area contributed by atoms with Crippen molar-refractivity contribution in [1.82, 2.24) is 0 Å². The Kier molecular flexibility index (Phi) is 2.47. The third-order valence-electron chi connectivity index (χ3n) is 1.01. The quantitative estimate of drug-likeness (QED) is 0.532. The Labute approximate surface area is 67.6 Å². The number of furan rings is 1. The molecule has 0 bridgehead atoms. The van der Waals surface area contributed by atoms with Crippen LogP contribution in [0.3, 0.4) is 0 Å². The molecule has 0 aromatic carbocycles. The molecule has 0 aliphatic heterocycles. The van der Waals surface area contributed by atoms with E-state index in [9.17, 15) is 9.59 Å². The molecule has 0 saturated heterocycles. The normalized spacial score (nSPS) is 9.33. The number of carboxylic acids is 1. The van der Waals surface area contributed by atoms with Crippen molar-refractivity contribution in [2.75, 3.05) is 0 Å². The van der Waals surface area contributed by atoms with Crippen LogP contribution in [0.5, 0.6) is 5.95 Å². The second kappa shape index (κ2) is 3.56. The molecular formula is C7H6O5. The summed E-state index contributed by atoms with van der Waals surface area (Å²) in [6.45, 7) is 0. The molecule has 0 atom stereocenters. The van der Waals surface area contributed by atoms with Crippen LogP contribution in [0.4, 0.5) is 0 Å². The van der Waals surface area contributed by atoms with E-state index in [0.717, 1.165) is 0 Å². The van der Waals surface area contributed by atoms with Gasteiger partial charge in [-0.3, -0.25) is 9.59 Å². The van der Waals surface area contributed by atoms with Crippen LogP contribution >= 0.6 is 0 Å². The first kappa shape index (κ1) is 8.32. The lowest BCUT2D eigenvalue weighted by Crippen LogP contribution is -2.12. The summed E-state index contributed by atoms with van der Waals surface area (Å²) in [5, 5.41) is 8.18. The summed E-state index contributed by atoms with van der Waals surface area (Å²) in [6.07, 6.45) is 0.657. The zero-order valence-corrected chi connectivity index (χ0v) is 6.02. The first-order valence-corrected chi connectivity index (χ1v) is 3.14. The Morgan fingerprint density at radius 1 is 1.58 bits per heavy atom. The van der Waals surface area contributed by atoms with Gasteiger partial charge in [-0.2, -0.15) is 0 Å². The van der Waals surface area contributed by atoms with Crippen LogP contribution in [0.25, 0.3) is 0 Å². The number of ether oxygens (including phenoxy) is 1. The number of hydrogen-bond acceptors (Lipinski definition) is 4. The van der Waals surface area contributed by atoms with E-state index in [1.807, 2.05) is 0 Å². The van der Waals surface area contributed by atoms with Gasteiger partial charge in [-0.25, -0.2) is 0 Å². The molecule has 0 aliphatic rings. The van der Waals surface area contributed by atoms with E-state index in [0.29, 0.717) is 0 Å². The minimum absolute atomic E-state index is 0.00116. The van der Waals surface area contributed by atoms with Crippen molar-refractivity contribution in [2.45, 2.75) is 6.42 Å². The van der Waals surface area contributed by atoms with Gasteiger partial charge in [0.2, 0.25) is 0 Å². The monoisotopic (exact) mass is 170 g/mol. The maximum absolute atomic E-state index is 10.7. The average molecular weight is 170 g/mol. The molecule has 0 spiro atoms. The number of rotatable bonds is 3. The Balaban J connectivity index is 2.42. The highest BCUT2D eigenvalue weighted by molar-refractivity contribution is 5.90. The molecule has 64 valence electrons. The van der Waals surface area contributed by atoms with Crippen molar-refractivity contribution in [3.63, 3.8) is 0 Å². The maximum atomic E-state index is 10.7. The number of carboxylic acid groups (broad SMARTS) is 1. The fraction of sp³-hybridized carbons (Fsp3) is 0.143. The summed E-state index contributed by atoms with van der Waals surface area (Å²) < 4.78 is 9.13. The van der Waals surface area contributed by atoms with Crippen LogP contribution in [0, 0.1) is 0 Å². The molecule has 5 nitrogen and oxygen atoms in total. The molecule has 12 heavy (non-hydrogen) atoms. The van der Waals surface area contributed by atoms with Crippen LogP contribution in [-0.4, -0.2) is 17.0 Å². The molecular weight excluding hydrogens is 164 g/mol. The molecule has 0 aliphatic carbocycles. The van der Waals surface area contributed by atoms with Gasteiger partial charge in [0.15, 0.2) is 0 Å². The highest BCUT2D eigenvalue weighted by Gasteiger charge is 2.10.